The third kappa shape index (κ3) is 7.62. The van der Waals surface area contributed by atoms with E-state index in [0.29, 0.717) is 31.3 Å². The highest BCUT2D eigenvalue weighted by Gasteiger charge is 2.33. The third-order valence-corrected chi connectivity index (χ3v) is 12.0. The molecule has 4 aliphatic rings. The van der Waals surface area contributed by atoms with Gasteiger partial charge >= 0.3 is 5.69 Å². The van der Waals surface area contributed by atoms with E-state index in [1.807, 2.05) is 24.3 Å². The number of nitrogens with one attached hydrogen (secondary N) is 2. The molecule has 0 spiro atoms. The Morgan fingerprint density at radius 1 is 1.02 bits per heavy atom. The number of anilines is 2. The molecule has 5 aromatic rings. The molecule has 1 saturated carbocycles. The summed E-state index contributed by atoms with van der Waals surface area (Å²) in [5.41, 5.74) is 3.45. The van der Waals surface area contributed by atoms with E-state index in [1.54, 1.807) is 27.1 Å². The molecular weight excluding hydrogens is 753 g/mol. The zero-order valence-electron chi connectivity index (χ0n) is 32.9. The normalized spacial score (nSPS) is 19.8. The zero-order valence-corrected chi connectivity index (χ0v) is 32.9. The Morgan fingerprint density at radius 2 is 1.78 bits per heavy atom. The Balaban J connectivity index is 0.000000162. The highest BCUT2D eigenvalue weighted by Crippen LogP contribution is 2.34. The number of aryl methyl sites for hydroxylation is 1. The quantitative estimate of drug-likeness (QED) is 0.212. The van der Waals surface area contributed by atoms with Gasteiger partial charge < -0.3 is 19.9 Å². The van der Waals surface area contributed by atoms with Crippen molar-refractivity contribution in [2.24, 2.45) is 7.05 Å². The minimum atomic E-state index is -2.78. The predicted molar refractivity (Wildman–Crippen MR) is 211 cm³/mol. The van der Waals surface area contributed by atoms with E-state index in [1.165, 1.54) is 16.9 Å². The van der Waals surface area contributed by atoms with Gasteiger partial charge in [0.2, 0.25) is 11.8 Å². The third-order valence-electron chi connectivity index (χ3n) is 12.0. The minimum absolute atomic E-state index is 0.0310. The topological polar surface area (TPSA) is 166 Å². The van der Waals surface area contributed by atoms with E-state index in [9.17, 15) is 28.0 Å². The number of nitrogens with zero attached hydrogens (tertiary/aromatic N) is 9. The number of amides is 3. The fourth-order valence-corrected chi connectivity index (χ4v) is 8.59. The van der Waals surface area contributed by atoms with Crippen LogP contribution in [0.15, 0.2) is 47.7 Å². The van der Waals surface area contributed by atoms with Crippen molar-refractivity contribution >= 4 is 45.8 Å². The van der Waals surface area contributed by atoms with Crippen LogP contribution in [0, 0.1) is 0 Å². The van der Waals surface area contributed by atoms with E-state index in [2.05, 4.69) is 49.7 Å². The van der Waals surface area contributed by atoms with Crippen LogP contribution in [0.4, 0.5) is 20.2 Å². The van der Waals surface area contributed by atoms with Crippen LogP contribution in [-0.2, 0) is 21.4 Å². The van der Waals surface area contributed by atoms with Gasteiger partial charge in [-0.3, -0.25) is 33.5 Å². The highest BCUT2D eigenvalue weighted by molar-refractivity contribution is 6.08. The molecule has 16 nitrogen and oxygen atoms in total. The van der Waals surface area contributed by atoms with Crippen LogP contribution in [-0.4, -0.2) is 103 Å². The highest BCUT2D eigenvalue weighted by atomic mass is 19.3. The van der Waals surface area contributed by atoms with Crippen LogP contribution in [0.3, 0.4) is 0 Å². The van der Waals surface area contributed by atoms with Gasteiger partial charge in [0.1, 0.15) is 11.6 Å². The van der Waals surface area contributed by atoms with E-state index >= 15 is 0 Å². The second-order valence-corrected chi connectivity index (χ2v) is 15.9. The maximum atomic E-state index is 13.6. The molecule has 58 heavy (non-hydrogen) atoms. The summed E-state index contributed by atoms with van der Waals surface area (Å²) in [5.74, 6) is -1.02. The maximum absolute atomic E-state index is 13.6. The fourth-order valence-electron chi connectivity index (χ4n) is 8.59. The van der Waals surface area contributed by atoms with Gasteiger partial charge in [-0.15, -0.1) is 0 Å². The predicted octanol–water partition coefficient (Wildman–Crippen LogP) is 4.58. The molecule has 0 bridgehead atoms. The van der Waals surface area contributed by atoms with Crippen molar-refractivity contribution in [3.63, 3.8) is 0 Å². The lowest BCUT2D eigenvalue weighted by atomic mass is 9.96. The summed E-state index contributed by atoms with van der Waals surface area (Å²) in [6, 6.07) is 7.74. The first-order chi connectivity index (χ1) is 28.0. The number of hydrogen-bond acceptors (Lipinski definition) is 10. The molecule has 1 aromatic carbocycles. The average Bonchev–Trinajstić information content (AvgIpc) is 3.89. The second kappa shape index (κ2) is 16.4. The first-order valence-corrected chi connectivity index (χ1v) is 20.0. The Labute approximate surface area is 333 Å². The molecule has 18 heteroatoms. The first kappa shape index (κ1) is 39.3. The van der Waals surface area contributed by atoms with Crippen molar-refractivity contribution in [3.05, 3.63) is 70.3 Å². The molecule has 308 valence electrons. The number of fused-ring (bicyclic) bond motifs is 2. The SMILES string of the molecule is CN(C)C1CCN(c2cccc3c2n(C)c(=O)n3C2CCC(=O)NC2=O)CC1.O=C(Nc1cn(C2CCCCC2)nc1C(F)F)c1cnn2ccc(C3COC3)nc12. The largest absolute Gasteiger partial charge is 0.380 e. The number of imidazole rings is 1. The molecule has 3 amide bonds. The van der Waals surface area contributed by atoms with Gasteiger partial charge in [0, 0.05) is 50.9 Å². The molecule has 1 aliphatic carbocycles. The Kier molecular flexibility index (Phi) is 11.1. The van der Waals surface area contributed by atoms with Crippen LogP contribution >= 0.6 is 0 Å². The van der Waals surface area contributed by atoms with Crippen molar-refractivity contribution in [2.45, 2.75) is 88.3 Å². The molecule has 0 radical (unpaired) electrons. The average molecular weight is 802 g/mol. The van der Waals surface area contributed by atoms with Gasteiger partial charge in [0.25, 0.3) is 12.3 Å². The molecule has 3 saturated heterocycles. The summed E-state index contributed by atoms with van der Waals surface area (Å²) >= 11 is 0. The van der Waals surface area contributed by atoms with Gasteiger partial charge in [0.05, 0.1) is 53.6 Å². The number of para-hydroxylation sites is 1. The number of halogens is 2. The van der Waals surface area contributed by atoms with Gasteiger partial charge in [-0.25, -0.2) is 23.1 Å². The van der Waals surface area contributed by atoms with Gasteiger partial charge in [-0.05, 0) is 64.4 Å². The molecule has 3 aliphatic heterocycles. The number of ether oxygens (including phenoxy) is 1. The van der Waals surface area contributed by atoms with Crippen LogP contribution < -0.4 is 21.2 Å². The number of imide groups is 1. The zero-order chi connectivity index (χ0) is 40.7. The molecule has 4 aromatic heterocycles. The Hall–Kier alpha value is -5.49. The summed E-state index contributed by atoms with van der Waals surface area (Å²) in [6.07, 6.45) is 9.69. The molecular formula is C40H49F2N11O5. The lowest BCUT2D eigenvalue weighted by molar-refractivity contribution is -0.135. The van der Waals surface area contributed by atoms with Crippen molar-refractivity contribution in [3.8, 4) is 0 Å². The number of alkyl halides is 2. The summed E-state index contributed by atoms with van der Waals surface area (Å²) in [5, 5.41) is 13.2. The first-order valence-electron chi connectivity index (χ1n) is 20.0. The number of carbonyl (C=O) groups excluding carboxylic acids is 3. The fraction of sp³-hybridized carbons (Fsp3) is 0.525. The molecule has 4 fully saturated rings. The van der Waals surface area contributed by atoms with Crippen LogP contribution in [0.5, 0.6) is 0 Å². The number of rotatable bonds is 8. The standard InChI is InChI=1S/C20H22F2N6O2.C20H27N5O3/c21-18(22)17-16(9-28(26-17)13-4-2-1-3-5-13)25-20(29)14-8-23-27-7-6-15(24-19(14)27)12-10-30-11-12;1-22(2)13-9-11-24(12-10-13)14-5-4-6-15-18(14)23(3)20(28)25(15)16-7-8-17(26)21-19(16)27/h6-9,12-13,18H,1-5,10-11H2,(H,25,29);4-6,13,16H,7-12H2,1-3H3,(H,21,26,27). The number of carbonyl (C=O) groups is 3. The van der Waals surface area contributed by atoms with E-state index < -0.39 is 30.0 Å². The van der Waals surface area contributed by atoms with Crippen LogP contribution in [0.1, 0.15) is 104 Å². The molecule has 1 atom stereocenters. The maximum Gasteiger partial charge on any atom is 0.329 e. The van der Waals surface area contributed by atoms with Crippen molar-refractivity contribution in [1.82, 2.24) is 43.7 Å². The summed E-state index contributed by atoms with van der Waals surface area (Å²) in [6.45, 7) is 3.05. The van der Waals surface area contributed by atoms with Gasteiger partial charge in [-0.2, -0.15) is 10.2 Å². The second-order valence-electron chi connectivity index (χ2n) is 15.9. The summed E-state index contributed by atoms with van der Waals surface area (Å²) < 4.78 is 38.6. The molecule has 2 N–H and O–H groups in total. The Bertz CT molecular complexity index is 2380. The minimum Gasteiger partial charge on any atom is -0.380 e. The van der Waals surface area contributed by atoms with E-state index in [4.69, 9.17) is 4.74 Å². The summed E-state index contributed by atoms with van der Waals surface area (Å²) in [7, 11) is 5.98. The number of hydrogen-bond donors (Lipinski definition) is 2. The van der Waals surface area contributed by atoms with Gasteiger partial charge in [-0.1, -0.05) is 25.3 Å². The molecule has 9 rings (SSSR count). The Morgan fingerprint density at radius 3 is 2.45 bits per heavy atom. The van der Waals surface area contributed by atoms with E-state index in [-0.39, 0.29) is 41.2 Å². The summed E-state index contributed by atoms with van der Waals surface area (Å²) in [4.78, 5) is 59.0. The number of benzene rings is 1. The smallest absolute Gasteiger partial charge is 0.329 e. The molecule has 1 unspecified atom stereocenters. The van der Waals surface area contributed by atoms with Crippen molar-refractivity contribution in [1.29, 1.82) is 0 Å². The lowest BCUT2D eigenvalue weighted by Crippen LogP contribution is -2.44. The number of aromatic nitrogens is 7. The van der Waals surface area contributed by atoms with Crippen molar-refractivity contribution < 1.29 is 27.9 Å². The van der Waals surface area contributed by atoms with Crippen LogP contribution in [0.25, 0.3) is 16.7 Å². The van der Waals surface area contributed by atoms with Crippen LogP contribution in [0.2, 0.25) is 0 Å². The number of piperidine rings is 2. The molecule has 7 heterocycles. The van der Waals surface area contributed by atoms with Gasteiger partial charge in [0.15, 0.2) is 11.3 Å². The monoisotopic (exact) mass is 801 g/mol. The lowest BCUT2D eigenvalue weighted by Gasteiger charge is -2.36. The van der Waals surface area contributed by atoms with Crippen molar-refractivity contribution in [2.75, 3.05) is 50.6 Å². The van der Waals surface area contributed by atoms with E-state index in [0.717, 1.165) is 80.4 Å².